The van der Waals surface area contributed by atoms with E-state index in [-0.39, 0.29) is 6.10 Å². The zero-order valence-corrected chi connectivity index (χ0v) is 13.1. The third kappa shape index (κ3) is 2.18. The van der Waals surface area contributed by atoms with Gasteiger partial charge in [-0.1, -0.05) is 18.9 Å². The predicted molar refractivity (Wildman–Crippen MR) is 87.3 cm³/mol. The fraction of sp³-hybridized carbons (Fsp3) is 0.667. The first-order valence-electron chi connectivity index (χ1n) is 8.56. The fourth-order valence-electron chi connectivity index (χ4n) is 4.60. The SMILES string of the molecule is CC(C)Oc1cccc2c1NCC1CC3CCCCC3N21. The molecular weight excluding hydrogens is 260 g/mol. The highest BCUT2D eigenvalue weighted by Crippen LogP contribution is 2.48. The van der Waals surface area contributed by atoms with Gasteiger partial charge in [-0.15, -0.1) is 0 Å². The van der Waals surface area contributed by atoms with Crippen LogP contribution in [0, 0.1) is 5.92 Å². The molecule has 3 aliphatic rings. The zero-order chi connectivity index (χ0) is 14.4. The molecule has 3 unspecified atom stereocenters. The molecule has 21 heavy (non-hydrogen) atoms. The summed E-state index contributed by atoms with van der Waals surface area (Å²) < 4.78 is 6.01. The second-order valence-electron chi connectivity index (χ2n) is 7.11. The van der Waals surface area contributed by atoms with Gasteiger partial charge < -0.3 is 15.0 Å². The van der Waals surface area contributed by atoms with Gasteiger partial charge in [0.2, 0.25) is 0 Å². The van der Waals surface area contributed by atoms with Crippen LogP contribution in [0.15, 0.2) is 18.2 Å². The van der Waals surface area contributed by atoms with E-state index in [1.54, 1.807) is 0 Å². The quantitative estimate of drug-likeness (QED) is 0.888. The Hall–Kier alpha value is -1.38. The van der Waals surface area contributed by atoms with Gasteiger partial charge in [-0.2, -0.15) is 0 Å². The molecule has 0 bridgehead atoms. The van der Waals surface area contributed by atoms with Crippen molar-refractivity contribution in [3.8, 4) is 5.75 Å². The summed E-state index contributed by atoms with van der Waals surface area (Å²) in [7, 11) is 0. The van der Waals surface area contributed by atoms with Gasteiger partial charge >= 0.3 is 0 Å². The van der Waals surface area contributed by atoms with Crippen molar-refractivity contribution in [2.75, 3.05) is 16.8 Å². The molecule has 1 aliphatic carbocycles. The van der Waals surface area contributed by atoms with Crippen molar-refractivity contribution in [1.82, 2.24) is 0 Å². The number of hydrogen-bond acceptors (Lipinski definition) is 3. The molecular formula is C18H26N2O. The van der Waals surface area contributed by atoms with Crippen LogP contribution in [0.1, 0.15) is 46.0 Å². The summed E-state index contributed by atoms with van der Waals surface area (Å²) >= 11 is 0. The Balaban J connectivity index is 1.71. The number of benzene rings is 1. The van der Waals surface area contributed by atoms with E-state index in [4.69, 9.17) is 4.74 Å². The van der Waals surface area contributed by atoms with Crippen LogP contribution in [-0.4, -0.2) is 24.7 Å². The summed E-state index contributed by atoms with van der Waals surface area (Å²) in [4.78, 5) is 2.73. The first kappa shape index (κ1) is 13.3. The topological polar surface area (TPSA) is 24.5 Å². The third-order valence-electron chi connectivity index (χ3n) is 5.35. The number of nitrogens with one attached hydrogen (secondary N) is 1. The standard InChI is InChI=1S/C18H26N2O/c1-12(2)21-17-9-5-8-16-18(17)19-11-14-10-13-6-3-4-7-15(13)20(14)16/h5,8-9,12-15,19H,3-4,6-7,10-11H2,1-2H3. The lowest BCUT2D eigenvalue weighted by Gasteiger charge is -2.40. The molecule has 1 aromatic carbocycles. The maximum absolute atomic E-state index is 6.01. The van der Waals surface area contributed by atoms with Gasteiger partial charge in [-0.3, -0.25) is 0 Å². The largest absolute Gasteiger partial charge is 0.489 e. The Labute approximate surface area is 127 Å². The number of ether oxygens (including phenoxy) is 1. The number of hydrogen-bond donors (Lipinski definition) is 1. The molecule has 0 amide bonds. The first-order valence-corrected chi connectivity index (χ1v) is 8.56. The van der Waals surface area contributed by atoms with Crippen LogP contribution in [0.2, 0.25) is 0 Å². The molecule has 0 spiro atoms. The molecule has 1 N–H and O–H groups in total. The predicted octanol–water partition coefficient (Wildman–Crippen LogP) is 4.04. The van der Waals surface area contributed by atoms with E-state index < -0.39 is 0 Å². The van der Waals surface area contributed by atoms with Crippen LogP contribution in [0.5, 0.6) is 5.75 Å². The normalized spacial score (nSPS) is 30.4. The molecule has 1 saturated carbocycles. The highest BCUT2D eigenvalue weighted by atomic mass is 16.5. The second-order valence-corrected chi connectivity index (χ2v) is 7.11. The lowest BCUT2D eigenvalue weighted by molar-refractivity contribution is 0.243. The van der Waals surface area contributed by atoms with Crippen LogP contribution < -0.4 is 15.0 Å². The third-order valence-corrected chi connectivity index (χ3v) is 5.35. The molecule has 3 nitrogen and oxygen atoms in total. The summed E-state index contributed by atoms with van der Waals surface area (Å²) in [5.41, 5.74) is 2.59. The number of rotatable bonds is 2. The van der Waals surface area contributed by atoms with Crippen LogP contribution in [-0.2, 0) is 0 Å². The maximum atomic E-state index is 6.01. The Morgan fingerprint density at radius 1 is 1.24 bits per heavy atom. The summed E-state index contributed by atoms with van der Waals surface area (Å²) in [6.07, 6.45) is 7.21. The Morgan fingerprint density at radius 2 is 2.10 bits per heavy atom. The van der Waals surface area contributed by atoms with E-state index in [0.29, 0.717) is 6.04 Å². The van der Waals surface area contributed by atoms with E-state index in [1.807, 2.05) is 0 Å². The van der Waals surface area contributed by atoms with Crippen molar-refractivity contribution < 1.29 is 4.74 Å². The summed E-state index contributed by atoms with van der Waals surface area (Å²) in [5, 5.41) is 3.65. The fourth-order valence-corrected chi connectivity index (χ4v) is 4.60. The molecule has 1 aromatic rings. The average Bonchev–Trinajstić information content (AvgIpc) is 2.85. The molecule has 2 fully saturated rings. The number of nitrogens with zero attached hydrogens (tertiary/aromatic N) is 1. The highest BCUT2D eigenvalue weighted by Gasteiger charge is 2.44. The van der Waals surface area contributed by atoms with Gasteiger partial charge in [0.15, 0.2) is 0 Å². The zero-order valence-electron chi connectivity index (χ0n) is 13.1. The molecule has 0 aromatic heterocycles. The lowest BCUT2D eigenvalue weighted by atomic mass is 9.85. The highest BCUT2D eigenvalue weighted by molar-refractivity contribution is 5.79. The van der Waals surface area contributed by atoms with E-state index in [2.05, 4.69) is 42.3 Å². The van der Waals surface area contributed by atoms with E-state index >= 15 is 0 Å². The lowest BCUT2D eigenvalue weighted by Crippen LogP contribution is -2.45. The van der Waals surface area contributed by atoms with Crippen molar-refractivity contribution >= 4 is 11.4 Å². The van der Waals surface area contributed by atoms with Gasteiger partial charge in [-0.05, 0) is 51.2 Å². The summed E-state index contributed by atoms with van der Waals surface area (Å²) in [6, 6.07) is 7.97. The Morgan fingerprint density at radius 3 is 2.95 bits per heavy atom. The maximum Gasteiger partial charge on any atom is 0.144 e. The van der Waals surface area contributed by atoms with Gasteiger partial charge in [0, 0.05) is 18.6 Å². The number of fused-ring (bicyclic) bond motifs is 5. The van der Waals surface area contributed by atoms with Crippen LogP contribution in [0.3, 0.4) is 0 Å². The van der Waals surface area contributed by atoms with Gasteiger partial charge in [0.1, 0.15) is 11.4 Å². The van der Waals surface area contributed by atoms with Gasteiger partial charge in [-0.25, -0.2) is 0 Å². The van der Waals surface area contributed by atoms with Crippen LogP contribution in [0.25, 0.3) is 0 Å². The van der Waals surface area contributed by atoms with Gasteiger partial charge in [0.25, 0.3) is 0 Å². The van der Waals surface area contributed by atoms with E-state index in [9.17, 15) is 0 Å². The molecule has 3 heteroatoms. The first-order chi connectivity index (χ1) is 10.2. The van der Waals surface area contributed by atoms with Gasteiger partial charge in [0.05, 0.1) is 11.8 Å². The van der Waals surface area contributed by atoms with Crippen molar-refractivity contribution in [3.63, 3.8) is 0 Å². The smallest absolute Gasteiger partial charge is 0.144 e. The Kier molecular flexibility index (Phi) is 3.24. The minimum absolute atomic E-state index is 0.219. The average molecular weight is 286 g/mol. The molecule has 0 radical (unpaired) electrons. The van der Waals surface area contributed by atoms with Crippen LogP contribution >= 0.6 is 0 Å². The van der Waals surface area contributed by atoms with Crippen molar-refractivity contribution in [3.05, 3.63) is 18.2 Å². The molecule has 3 atom stereocenters. The Bertz CT molecular complexity index is 528. The molecule has 114 valence electrons. The monoisotopic (exact) mass is 286 g/mol. The minimum atomic E-state index is 0.219. The summed E-state index contributed by atoms with van der Waals surface area (Å²) in [6.45, 7) is 5.26. The van der Waals surface area contributed by atoms with Crippen molar-refractivity contribution in [1.29, 1.82) is 0 Å². The minimum Gasteiger partial charge on any atom is -0.489 e. The molecule has 1 saturated heterocycles. The van der Waals surface area contributed by atoms with E-state index in [0.717, 1.165) is 24.3 Å². The molecule has 4 rings (SSSR count). The number of anilines is 2. The van der Waals surface area contributed by atoms with Crippen molar-refractivity contribution in [2.45, 2.75) is 64.1 Å². The number of para-hydroxylation sites is 1. The van der Waals surface area contributed by atoms with Crippen LogP contribution in [0.4, 0.5) is 11.4 Å². The molecule has 2 aliphatic heterocycles. The second kappa shape index (κ2) is 5.11. The molecule has 2 heterocycles. The summed E-state index contributed by atoms with van der Waals surface area (Å²) in [5.74, 6) is 1.92. The van der Waals surface area contributed by atoms with Crippen molar-refractivity contribution in [2.24, 2.45) is 5.92 Å². The van der Waals surface area contributed by atoms with E-state index in [1.165, 1.54) is 43.5 Å².